The molecule has 1 saturated heterocycles. The zero-order valence-electron chi connectivity index (χ0n) is 21.7. The van der Waals surface area contributed by atoms with Gasteiger partial charge in [-0.2, -0.15) is 0 Å². The predicted octanol–water partition coefficient (Wildman–Crippen LogP) is 2.89. The van der Waals surface area contributed by atoms with Crippen molar-refractivity contribution in [1.29, 1.82) is 0 Å². The number of urea groups is 1. The molecule has 1 aliphatic carbocycles. The third-order valence-electron chi connectivity index (χ3n) is 7.94. The van der Waals surface area contributed by atoms with Crippen LogP contribution in [0.2, 0.25) is 0 Å². The van der Waals surface area contributed by atoms with Crippen LogP contribution in [0.3, 0.4) is 0 Å². The van der Waals surface area contributed by atoms with Gasteiger partial charge in [-0.15, -0.1) is 0 Å². The van der Waals surface area contributed by atoms with Gasteiger partial charge in [0.2, 0.25) is 0 Å². The summed E-state index contributed by atoms with van der Waals surface area (Å²) >= 11 is 0. The number of aromatic nitrogens is 2. The Morgan fingerprint density at radius 2 is 1.86 bits per heavy atom. The molecule has 2 aromatic rings. The number of nitrogens with zero attached hydrogens (tertiary/aromatic N) is 2. The second kappa shape index (κ2) is 12.9. The molecule has 4 rings (SSSR count). The first-order valence-electron chi connectivity index (χ1n) is 13.5. The van der Waals surface area contributed by atoms with Gasteiger partial charge in [0.25, 0.3) is 0 Å². The summed E-state index contributed by atoms with van der Waals surface area (Å²) < 4.78 is 7.49. The van der Waals surface area contributed by atoms with Gasteiger partial charge < -0.3 is 25.3 Å². The summed E-state index contributed by atoms with van der Waals surface area (Å²) in [5.41, 5.74) is 1.22. The number of carbonyl (C=O) groups is 3. The van der Waals surface area contributed by atoms with E-state index in [0.29, 0.717) is 25.8 Å². The highest BCUT2D eigenvalue weighted by molar-refractivity contribution is 5.93. The molecule has 9 heteroatoms. The number of carbonyl (C=O) groups excluding carboxylic acids is 3. The van der Waals surface area contributed by atoms with E-state index in [0.717, 1.165) is 50.0 Å². The lowest BCUT2D eigenvalue weighted by atomic mass is 9.64. The van der Waals surface area contributed by atoms with Gasteiger partial charge in [-0.1, -0.05) is 49.6 Å². The van der Waals surface area contributed by atoms with Crippen LogP contribution in [0, 0.1) is 11.3 Å². The summed E-state index contributed by atoms with van der Waals surface area (Å²) in [5, 5.41) is 8.89. The minimum Gasteiger partial charge on any atom is -0.391 e. The molecule has 0 bridgehead atoms. The van der Waals surface area contributed by atoms with Crippen LogP contribution in [0.4, 0.5) is 4.79 Å². The quantitative estimate of drug-likeness (QED) is 0.354. The molecule has 200 valence electrons. The molecule has 1 saturated carbocycles. The van der Waals surface area contributed by atoms with Gasteiger partial charge in [-0.25, -0.2) is 14.6 Å². The molecule has 2 amide bonds. The minimum atomic E-state index is -0.979. The van der Waals surface area contributed by atoms with E-state index in [2.05, 4.69) is 20.9 Å². The normalized spacial score (nSPS) is 18.5. The highest BCUT2D eigenvalue weighted by atomic mass is 16.6. The summed E-state index contributed by atoms with van der Waals surface area (Å²) in [5.74, 6) is -0.897. The Hall–Kier alpha value is -3.20. The van der Waals surface area contributed by atoms with E-state index in [-0.39, 0.29) is 12.3 Å². The van der Waals surface area contributed by atoms with Crippen molar-refractivity contribution in [3.8, 4) is 0 Å². The first-order valence-corrected chi connectivity index (χ1v) is 13.5. The van der Waals surface area contributed by atoms with Crippen molar-refractivity contribution in [2.75, 3.05) is 19.6 Å². The Morgan fingerprint density at radius 1 is 1.14 bits per heavy atom. The van der Waals surface area contributed by atoms with Gasteiger partial charge in [0.1, 0.15) is 6.04 Å². The fourth-order valence-electron chi connectivity index (χ4n) is 5.75. The van der Waals surface area contributed by atoms with Gasteiger partial charge in [0, 0.05) is 38.3 Å². The second-order valence-corrected chi connectivity index (χ2v) is 10.3. The van der Waals surface area contributed by atoms with Crippen molar-refractivity contribution in [3.05, 3.63) is 54.1 Å². The van der Waals surface area contributed by atoms with E-state index >= 15 is 0 Å². The molecule has 1 aromatic carbocycles. The van der Waals surface area contributed by atoms with Gasteiger partial charge >= 0.3 is 18.0 Å². The smallest absolute Gasteiger partial charge is 0.336 e. The van der Waals surface area contributed by atoms with E-state index in [9.17, 15) is 14.4 Å². The first kappa shape index (κ1) is 26.9. The SMILES string of the molecule is Cn1cncc1CCNC(=O)N[C@H](Cc1ccccc1)C(=O)OC(=O)C1(C2CCCCC2)CCNCC1. The number of imidazole rings is 1. The molecule has 9 nitrogen and oxygen atoms in total. The summed E-state index contributed by atoms with van der Waals surface area (Å²) in [7, 11) is 1.90. The van der Waals surface area contributed by atoms with Gasteiger partial charge in [0.05, 0.1) is 11.7 Å². The van der Waals surface area contributed by atoms with Crippen molar-refractivity contribution in [2.45, 2.75) is 63.8 Å². The number of benzene rings is 1. The average Bonchev–Trinajstić information content (AvgIpc) is 3.34. The number of nitrogens with one attached hydrogen (secondary N) is 3. The largest absolute Gasteiger partial charge is 0.391 e. The van der Waals surface area contributed by atoms with Crippen LogP contribution in [0.1, 0.15) is 56.2 Å². The molecule has 0 spiro atoms. The number of hydrogen-bond acceptors (Lipinski definition) is 6. The maximum atomic E-state index is 13.6. The average molecular weight is 510 g/mol. The molecule has 2 aliphatic rings. The topological polar surface area (TPSA) is 114 Å². The van der Waals surface area contributed by atoms with Crippen LogP contribution < -0.4 is 16.0 Å². The minimum absolute atomic E-state index is 0.236. The molecule has 1 aliphatic heterocycles. The Morgan fingerprint density at radius 3 is 2.54 bits per heavy atom. The maximum Gasteiger partial charge on any atom is 0.336 e. The van der Waals surface area contributed by atoms with Crippen LogP contribution in [0.5, 0.6) is 0 Å². The number of rotatable bonds is 9. The third-order valence-corrected chi connectivity index (χ3v) is 7.94. The van der Waals surface area contributed by atoms with E-state index in [1.165, 1.54) is 6.42 Å². The Bertz CT molecular complexity index is 1040. The molecule has 2 fully saturated rings. The van der Waals surface area contributed by atoms with E-state index < -0.39 is 29.4 Å². The summed E-state index contributed by atoms with van der Waals surface area (Å²) in [6.45, 7) is 1.87. The Balaban J connectivity index is 1.42. The lowest BCUT2D eigenvalue weighted by Crippen LogP contribution is -2.52. The molecular formula is C28H39N5O4. The fraction of sp³-hybridized carbons (Fsp3) is 0.571. The van der Waals surface area contributed by atoms with Crippen molar-refractivity contribution < 1.29 is 19.1 Å². The third kappa shape index (κ3) is 6.97. The zero-order chi connectivity index (χ0) is 26.1. The summed E-state index contributed by atoms with van der Waals surface area (Å²) in [6, 6.07) is 7.98. The Labute approximate surface area is 218 Å². The van der Waals surface area contributed by atoms with Crippen LogP contribution in [0.15, 0.2) is 42.9 Å². The van der Waals surface area contributed by atoms with Crippen LogP contribution in [0.25, 0.3) is 0 Å². The number of aryl methyl sites for hydroxylation is 1. The summed E-state index contributed by atoms with van der Waals surface area (Å²) in [4.78, 5) is 43.7. The van der Waals surface area contributed by atoms with Gasteiger partial charge in [-0.05, 0) is 50.3 Å². The van der Waals surface area contributed by atoms with Gasteiger partial charge in [-0.3, -0.25) is 4.79 Å². The molecular weight excluding hydrogens is 470 g/mol. The predicted molar refractivity (Wildman–Crippen MR) is 140 cm³/mol. The molecule has 0 unspecified atom stereocenters. The van der Waals surface area contributed by atoms with Crippen molar-refractivity contribution in [2.24, 2.45) is 18.4 Å². The molecule has 3 N–H and O–H groups in total. The standard InChI is InChI=1S/C28H39N5O4/c1-33-20-30-19-23(33)12-15-31-27(36)32-24(18-21-8-4-2-5-9-21)25(34)37-26(35)28(13-16-29-17-14-28)22-10-6-3-7-11-22/h2,4-5,8-9,19-20,22,24,29H,3,6-7,10-18H2,1H3,(H2,31,32,36)/t24-/m1/s1. The number of esters is 2. The maximum absolute atomic E-state index is 13.6. The molecule has 1 atom stereocenters. The van der Waals surface area contributed by atoms with Crippen LogP contribution >= 0.6 is 0 Å². The van der Waals surface area contributed by atoms with Crippen LogP contribution in [-0.4, -0.2) is 53.2 Å². The van der Waals surface area contributed by atoms with E-state index in [1.807, 2.05) is 41.9 Å². The number of piperidine rings is 1. The molecule has 0 radical (unpaired) electrons. The van der Waals surface area contributed by atoms with Crippen LogP contribution in [-0.2, 0) is 34.2 Å². The lowest BCUT2D eigenvalue weighted by Gasteiger charge is -2.43. The van der Waals surface area contributed by atoms with E-state index in [4.69, 9.17) is 4.74 Å². The highest BCUT2D eigenvalue weighted by Gasteiger charge is 2.48. The number of amides is 2. The van der Waals surface area contributed by atoms with Gasteiger partial charge in [0.15, 0.2) is 0 Å². The Kier molecular flexibility index (Phi) is 9.33. The highest BCUT2D eigenvalue weighted by Crippen LogP contribution is 2.45. The number of hydrogen-bond donors (Lipinski definition) is 3. The summed E-state index contributed by atoms with van der Waals surface area (Å²) in [6.07, 6.45) is 11.1. The van der Waals surface area contributed by atoms with Crippen molar-refractivity contribution >= 4 is 18.0 Å². The van der Waals surface area contributed by atoms with E-state index in [1.54, 1.807) is 12.5 Å². The zero-order valence-corrected chi connectivity index (χ0v) is 21.7. The molecule has 37 heavy (non-hydrogen) atoms. The molecule has 2 heterocycles. The first-order chi connectivity index (χ1) is 18.0. The van der Waals surface area contributed by atoms with Crippen molar-refractivity contribution in [1.82, 2.24) is 25.5 Å². The molecule has 1 aromatic heterocycles. The second-order valence-electron chi connectivity index (χ2n) is 10.3. The van der Waals surface area contributed by atoms with Crippen molar-refractivity contribution in [3.63, 3.8) is 0 Å². The fourth-order valence-corrected chi connectivity index (χ4v) is 5.75. The number of ether oxygens (including phenoxy) is 1. The lowest BCUT2D eigenvalue weighted by molar-refractivity contribution is -0.173. The monoisotopic (exact) mass is 509 g/mol.